The lowest BCUT2D eigenvalue weighted by molar-refractivity contribution is 0.252. The van der Waals surface area contributed by atoms with Crippen LogP contribution in [-0.4, -0.2) is 22.5 Å². The van der Waals surface area contributed by atoms with Crippen molar-refractivity contribution in [2.24, 2.45) is 0 Å². The quantitative estimate of drug-likeness (QED) is 0.617. The number of urea groups is 1. The summed E-state index contributed by atoms with van der Waals surface area (Å²) in [4.78, 5) is 20.4. The smallest absolute Gasteiger partial charge is 0.319 e. The number of hydrogen-bond acceptors (Lipinski definition) is 4. The van der Waals surface area contributed by atoms with Crippen molar-refractivity contribution in [2.75, 3.05) is 17.2 Å². The van der Waals surface area contributed by atoms with Crippen molar-refractivity contribution >= 4 is 23.2 Å². The SMILES string of the molecule is CCCNC(=O)Nc1cccc(Nc2cc(-c3ccccc3)ncn2)c1. The monoisotopic (exact) mass is 347 g/mol. The van der Waals surface area contributed by atoms with E-state index in [1.54, 1.807) is 0 Å². The molecule has 3 N–H and O–H groups in total. The molecule has 0 saturated carbocycles. The van der Waals surface area contributed by atoms with Crippen molar-refractivity contribution in [3.63, 3.8) is 0 Å². The van der Waals surface area contributed by atoms with Crippen molar-refractivity contribution in [2.45, 2.75) is 13.3 Å². The van der Waals surface area contributed by atoms with Crippen molar-refractivity contribution in [3.05, 3.63) is 67.0 Å². The first-order valence-electron chi connectivity index (χ1n) is 8.54. The number of aromatic nitrogens is 2. The van der Waals surface area contributed by atoms with Gasteiger partial charge < -0.3 is 16.0 Å². The van der Waals surface area contributed by atoms with Crippen LogP contribution in [0.5, 0.6) is 0 Å². The minimum absolute atomic E-state index is 0.211. The molecule has 1 aromatic heterocycles. The molecule has 0 aliphatic rings. The Bertz CT molecular complexity index is 867. The molecule has 26 heavy (non-hydrogen) atoms. The normalized spacial score (nSPS) is 10.2. The van der Waals surface area contributed by atoms with Crippen LogP contribution in [0, 0.1) is 0 Å². The van der Waals surface area contributed by atoms with E-state index in [9.17, 15) is 4.79 Å². The maximum absolute atomic E-state index is 11.8. The molecular formula is C20H21N5O. The van der Waals surface area contributed by atoms with Crippen molar-refractivity contribution in [1.29, 1.82) is 0 Å². The lowest BCUT2D eigenvalue weighted by Gasteiger charge is -2.10. The standard InChI is InChI=1S/C20H21N5O/c1-2-11-21-20(26)25-17-10-6-9-16(12-17)24-19-13-18(22-14-23-19)15-7-4-3-5-8-15/h3-10,12-14H,2,11H2,1H3,(H2,21,25,26)(H,22,23,24). The molecular weight excluding hydrogens is 326 g/mol. The molecule has 0 aliphatic carbocycles. The molecule has 0 fully saturated rings. The van der Waals surface area contributed by atoms with Crippen LogP contribution in [-0.2, 0) is 0 Å². The average Bonchev–Trinajstić information content (AvgIpc) is 2.67. The fourth-order valence-corrected chi connectivity index (χ4v) is 2.43. The van der Waals surface area contributed by atoms with E-state index < -0.39 is 0 Å². The van der Waals surface area contributed by atoms with Gasteiger partial charge in [0.05, 0.1) is 5.69 Å². The summed E-state index contributed by atoms with van der Waals surface area (Å²) in [5.41, 5.74) is 3.41. The number of hydrogen-bond donors (Lipinski definition) is 3. The highest BCUT2D eigenvalue weighted by Gasteiger charge is 2.04. The van der Waals surface area contributed by atoms with Gasteiger partial charge in [0.2, 0.25) is 0 Å². The van der Waals surface area contributed by atoms with Gasteiger partial charge in [0, 0.05) is 29.5 Å². The van der Waals surface area contributed by atoms with Gasteiger partial charge in [-0.05, 0) is 24.6 Å². The Kier molecular flexibility index (Phi) is 5.77. The fraction of sp³-hybridized carbons (Fsp3) is 0.150. The predicted octanol–water partition coefficient (Wildman–Crippen LogP) is 4.42. The first-order chi connectivity index (χ1) is 12.7. The van der Waals surface area contributed by atoms with Crippen LogP contribution >= 0.6 is 0 Å². The van der Waals surface area contributed by atoms with Gasteiger partial charge >= 0.3 is 6.03 Å². The van der Waals surface area contributed by atoms with Gasteiger partial charge in [-0.2, -0.15) is 0 Å². The highest BCUT2D eigenvalue weighted by atomic mass is 16.2. The largest absolute Gasteiger partial charge is 0.340 e. The van der Waals surface area contributed by atoms with E-state index in [2.05, 4.69) is 25.9 Å². The second-order valence-electron chi connectivity index (χ2n) is 5.74. The van der Waals surface area contributed by atoms with Gasteiger partial charge in [-0.3, -0.25) is 0 Å². The van der Waals surface area contributed by atoms with Crippen LogP contribution < -0.4 is 16.0 Å². The van der Waals surface area contributed by atoms with Gasteiger partial charge in [-0.1, -0.05) is 43.3 Å². The molecule has 0 radical (unpaired) electrons. The topological polar surface area (TPSA) is 78.9 Å². The van der Waals surface area contributed by atoms with Crippen LogP contribution in [0.3, 0.4) is 0 Å². The Labute approximate surface area is 152 Å². The van der Waals surface area contributed by atoms with Gasteiger partial charge in [-0.25, -0.2) is 14.8 Å². The Morgan fingerprint density at radius 2 is 1.77 bits per heavy atom. The van der Waals surface area contributed by atoms with Gasteiger partial charge in [0.1, 0.15) is 12.1 Å². The molecule has 2 amide bonds. The molecule has 6 nitrogen and oxygen atoms in total. The average molecular weight is 347 g/mol. The van der Waals surface area contributed by atoms with Crippen LogP contribution in [0.4, 0.5) is 22.0 Å². The van der Waals surface area contributed by atoms with Crippen LogP contribution in [0.25, 0.3) is 11.3 Å². The number of rotatable bonds is 6. The fourth-order valence-electron chi connectivity index (χ4n) is 2.43. The molecule has 0 aliphatic heterocycles. The minimum Gasteiger partial charge on any atom is -0.340 e. The van der Waals surface area contributed by atoms with Gasteiger partial charge in [0.15, 0.2) is 0 Å². The zero-order valence-corrected chi connectivity index (χ0v) is 14.6. The van der Waals surface area contributed by atoms with Crippen molar-refractivity contribution in [1.82, 2.24) is 15.3 Å². The summed E-state index contributed by atoms with van der Waals surface area (Å²) >= 11 is 0. The molecule has 3 rings (SSSR count). The number of carbonyl (C=O) groups excluding carboxylic acids is 1. The maximum Gasteiger partial charge on any atom is 0.319 e. The molecule has 0 atom stereocenters. The zero-order valence-electron chi connectivity index (χ0n) is 14.6. The number of anilines is 3. The third kappa shape index (κ3) is 4.80. The number of nitrogens with zero attached hydrogens (tertiary/aromatic N) is 2. The van der Waals surface area contributed by atoms with E-state index >= 15 is 0 Å². The third-order valence-corrected chi connectivity index (χ3v) is 3.67. The predicted molar refractivity (Wildman–Crippen MR) is 105 cm³/mol. The van der Waals surface area contributed by atoms with Crippen LogP contribution in [0.2, 0.25) is 0 Å². The van der Waals surface area contributed by atoms with Gasteiger partial charge in [-0.15, -0.1) is 0 Å². The summed E-state index contributed by atoms with van der Waals surface area (Å²) < 4.78 is 0. The third-order valence-electron chi connectivity index (χ3n) is 3.67. The Morgan fingerprint density at radius 1 is 0.962 bits per heavy atom. The summed E-state index contributed by atoms with van der Waals surface area (Å²) in [6.07, 6.45) is 2.43. The summed E-state index contributed by atoms with van der Waals surface area (Å²) in [5, 5.41) is 8.85. The molecule has 0 saturated heterocycles. The second kappa shape index (κ2) is 8.62. The number of carbonyl (C=O) groups is 1. The summed E-state index contributed by atoms with van der Waals surface area (Å²) in [6.45, 7) is 2.66. The van der Waals surface area contributed by atoms with Crippen molar-refractivity contribution in [3.8, 4) is 11.3 Å². The lowest BCUT2D eigenvalue weighted by atomic mass is 10.1. The van der Waals surface area contributed by atoms with E-state index in [-0.39, 0.29) is 6.03 Å². The summed E-state index contributed by atoms with van der Waals surface area (Å²) in [6, 6.07) is 19.1. The van der Waals surface area contributed by atoms with Crippen LogP contribution in [0.15, 0.2) is 67.0 Å². The molecule has 0 unspecified atom stereocenters. The van der Waals surface area contributed by atoms with Gasteiger partial charge in [0.25, 0.3) is 0 Å². The minimum atomic E-state index is -0.211. The van der Waals surface area contributed by atoms with E-state index in [4.69, 9.17) is 0 Å². The summed E-state index contributed by atoms with van der Waals surface area (Å²) in [5.74, 6) is 0.687. The summed E-state index contributed by atoms with van der Waals surface area (Å²) in [7, 11) is 0. The molecule has 2 aromatic carbocycles. The maximum atomic E-state index is 11.8. The number of amides is 2. The molecule has 132 valence electrons. The highest BCUT2D eigenvalue weighted by molar-refractivity contribution is 5.89. The zero-order chi connectivity index (χ0) is 18.2. The van der Waals surface area contributed by atoms with E-state index in [1.807, 2.05) is 67.6 Å². The van der Waals surface area contributed by atoms with Crippen molar-refractivity contribution < 1.29 is 4.79 Å². The highest BCUT2D eigenvalue weighted by Crippen LogP contribution is 2.22. The molecule has 0 bridgehead atoms. The lowest BCUT2D eigenvalue weighted by Crippen LogP contribution is -2.29. The first-order valence-corrected chi connectivity index (χ1v) is 8.54. The van der Waals surface area contributed by atoms with E-state index in [0.29, 0.717) is 18.1 Å². The first kappa shape index (κ1) is 17.4. The molecule has 6 heteroatoms. The van der Waals surface area contributed by atoms with Crippen LogP contribution in [0.1, 0.15) is 13.3 Å². The Morgan fingerprint density at radius 3 is 2.58 bits per heavy atom. The number of benzene rings is 2. The Balaban J connectivity index is 1.71. The Hall–Kier alpha value is -3.41. The molecule has 0 spiro atoms. The van der Waals surface area contributed by atoms with E-state index in [1.165, 1.54) is 6.33 Å². The second-order valence-corrected chi connectivity index (χ2v) is 5.74. The molecule has 1 heterocycles. The number of nitrogens with one attached hydrogen (secondary N) is 3. The molecule has 3 aromatic rings. The van der Waals surface area contributed by atoms with E-state index in [0.717, 1.165) is 23.4 Å².